The van der Waals surface area contributed by atoms with Gasteiger partial charge in [0, 0.05) is 18.8 Å². The lowest BCUT2D eigenvalue weighted by Gasteiger charge is -2.22. The van der Waals surface area contributed by atoms with Crippen molar-refractivity contribution in [1.29, 1.82) is 0 Å². The molecule has 2 aromatic carbocycles. The summed E-state index contributed by atoms with van der Waals surface area (Å²) >= 11 is 0. The number of benzene rings is 2. The minimum absolute atomic E-state index is 0.0131. The van der Waals surface area contributed by atoms with Gasteiger partial charge >= 0.3 is 5.97 Å². The molecule has 0 bridgehead atoms. The minimum atomic E-state index is -3.80. The molecule has 1 heterocycles. The van der Waals surface area contributed by atoms with Crippen LogP contribution in [0.4, 0.5) is 5.69 Å². The average molecular weight is 418 g/mol. The third-order valence-corrected chi connectivity index (χ3v) is 6.48. The monoisotopic (exact) mass is 418 g/mol. The maximum Gasteiger partial charge on any atom is 0.338 e. The van der Waals surface area contributed by atoms with Crippen molar-refractivity contribution in [3.8, 4) is 0 Å². The molecule has 154 valence electrons. The van der Waals surface area contributed by atoms with Crippen molar-refractivity contribution in [3.05, 3.63) is 59.7 Å². The number of hydrogen-bond donors (Lipinski definition) is 0. The Morgan fingerprint density at radius 3 is 2.45 bits per heavy atom. The highest BCUT2D eigenvalue weighted by atomic mass is 32.2. The number of hydroxylamine groups is 1. The van der Waals surface area contributed by atoms with Gasteiger partial charge in [0.15, 0.2) is 6.61 Å². The molecule has 0 saturated carbocycles. The number of para-hydroxylation sites is 1. The maximum absolute atomic E-state index is 12.6. The molecular formula is C20H22N2O6S. The fourth-order valence-corrected chi connectivity index (χ4v) is 4.21. The van der Waals surface area contributed by atoms with E-state index in [0.29, 0.717) is 4.47 Å². The van der Waals surface area contributed by atoms with Crippen molar-refractivity contribution in [2.24, 2.45) is 0 Å². The van der Waals surface area contributed by atoms with E-state index in [-0.39, 0.29) is 22.4 Å². The second-order valence-electron chi connectivity index (χ2n) is 6.64. The predicted molar refractivity (Wildman–Crippen MR) is 106 cm³/mol. The molecule has 0 aliphatic carbocycles. The van der Waals surface area contributed by atoms with Crippen molar-refractivity contribution in [2.45, 2.75) is 24.3 Å². The largest absolute Gasteiger partial charge is 0.452 e. The molecule has 1 aliphatic heterocycles. The summed E-state index contributed by atoms with van der Waals surface area (Å²) in [5.74, 6) is -1.01. The molecule has 0 fully saturated rings. The Kier molecular flexibility index (Phi) is 6.02. The van der Waals surface area contributed by atoms with Gasteiger partial charge in [-0.25, -0.2) is 13.2 Å². The maximum atomic E-state index is 12.6. The molecule has 3 rings (SSSR count). The molecule has 0 unspecified atom stereocenters. The number of fused-ring (bicyclic) bond motifs is 1. The van der Waals surface area contributed by atoms with Crippen LogP contribution in [0, 0.1) is 0 Å². The van der Waals surface area contributed by atoms with Crippen molar-refractivity contribution < 1.29 is 27.6 Å². The van der Waals surface area contributed by atoms with Crippen LogP contribution < -0.4 is 4.90 Å². The van der Waals surface area contributed by atoms with Crippen molar-refractivity contribution in [1.82, 2.24) is 4.47 Å². The Morgan fingerprint density at radius 1 is 1.14 bits per heavy atom. The molecule has 1 amide bonds. The number of ether oxygens (including phenoxy) is 1. The van der Waals surface area contributed by atoms with E-state index >= 15 is 0 Å². The van der Waals surface area contributed by atoms with Gasteiger partial charge in [0.05, 0.1) is 17.6 Å². The van der Waals surface area contributed by atoms with Gasteiger partial charge in [-0.15, -0.1) is 0 Å². The summed E-state index contributed by atoms with van der Waals surface area (Å²) in [6, 6.07) is 12.8. The van der Waals surface area contributed by atoms with E-state index in [1.165, 1.54) is 38.4 Å². The first-order chi connectivity index (χ1) is 13.8. The van der Waals surface area contributed by atoms with Crippen LogP contribution in [0.2, 0.25) is 0 Å². The normalized spacial score (nSPS) is 16.0. The summed E-state index contributed by atoms with van der Waals surface area (Å²) < 4.78 is 30.2. The minimum Gasteiger partial charge on any atom is -0.452 e. The average Bonchev–Trinajstić information content (AvgIpc) is 3.06. The molecule has 0 aromatic heterocycles. The van der Waals surface area contributed by atoms with Gasteiger partial charge in [-0.3, -0.25) is 9.63 Å². The van der Waals surface area contributed by atoms with Gasteiger partial charge in [0.1, 0.15) is 0 Å². The Labute approximate surface area is 169 Å². The van der Waals surface area contributed by atoms with E-state index in [1.54, 1.807) is 4.90 Å². The van der Waals surface area contributed by atoms with Crippen LogP contribution in [0.1, 0.15) is 22.8 Å². The molecule has 1 atom stereocenters. The number of rotatable bonds is 6. The van der Waals surface area contributed by atoms with E-state index in [1.807, 2.05) is 31.2 Å². The lowest BCUT2D eigenvalue weighted by atomic mass is 10.1. The number of carbonyl (C=O) groups excluding carboxylic acids is 2. The van der Waals surface area contributed by atoms with Gasteiger partial charge in [0.25, 0.3) is 15.9 Å². The molecule has 0 saturated heterocycles. The van der Waals surface area contributed by atoms with Crippen LogP contribution in [0.25, 0.3) is 0 Å². The summed E-state index contributed by atoms with van der Waals surface area (Å²) in [6.07, 6.45) is 0.752. The number of nitrogens with zero attached hydrogens (tertiary/aromatic N) is 2. The van der Waals surface area contributed by atoms with Crippen LogP contribution in [0.3, 0.4) is 0 Å². The molecule has 1 aliphatic rings. The number of amides is 1. The second-order valence-corrected chi connectivity index (χ2v) is 8.58. The zero-order chi connectivity index (χ0) is 21.2. The summed E-state index contributed by atoms with van der Waals surface area (Å²) in [6.45, 7) is 1.54. The summed E-state index contributed by atoms with van der Waals surface area (Å²) in [5, 5.41) is 0. The number of carbonyl (C=O) groups is 2. The summed E-state index contributed by atoms with van der Waals surface area (Å²) in [5.41, 5.74) is 2.06. The zero-order valence-corrected chi connectivity index (χ0v) is 17.2. The van der Waals surface area contributed by atoms with Gasteiger partial charge < -0.3 is 9.64 Å². The van der Waals surface area contributed by atoms with E-state index in [2.05, 4.69) is 0 Å². The predicted octanol–water partition coefficient (Wildman–Crippen LogP) is 2.00. The van der Waals surface area contributed by atoms with Crippen molar-refractivity contribution in [3.63, 3.8) is 0 Å². The van der Waals surface area contributed by atoms with E-state index in [0.717, 1.165) is 17.7 Å². The van der Waals surface area contributed by atoms with Crippen molar-refractivity contribution in [2.75, 3.05) is 25.7 Å². The van der Waals surface area contributed by atoms with Crippen LogP contribution in [0.15, 0.2) is 53.4 Å². The Hall–Kier alpha value is -2.75. The highest BCUT2D eigenvalue weighted by Crippen LogP contribution is 2.31. The van der Waals surface area contributed by atoms with Gasteiger partial charge in [-0.05, 0) is 49.2 Å². The lowest BCUT2D eigenvalue weighted by molar-refractivity contribution is -0.122. The van der Waals surface area contributed by atoms with Crippen LogP contribution in [-0.4, -0.2) is 51.6 Å². The van der Waals surface area contributed by atoms with Crippen molar-refractivity contribution >= 4 is 27.6 Å². The second kappa shape index (κ2) is 8.32. The third kappa shape index (κ3) is 4.16. The van der Waals surface area contributed by atoms with Crippen LogP contribution >= 0.6 is 0 Å². The molecular weight excluding hydrogens is 396 g/mol. The quantitative estimate of drug-likeness (QED) is 0.526. The van der Waals surface area contributed by atoms with E-state index in [4.69, 9.17) is 9.57 Å². The third-order valence-electron chi connectivity index (χ3n) is 4.79. The molecule has 0 N–H and O–H groups in total. The zero-order valence-electron chi connectivity index (χ0n) is 16.4. The van der Waals surface area contributed by atoms with Crippen LogP contribution in [0.5, 0.6) is 0 Å². The topological polar surface area (TPSA) is 93.2 Å². The first kappa shape index (κ1) is 21.0. The van der Waals surface area contributed by atoms with Gasteiger partial charge in [0.2, 0.25) is 0 Å². The molecule has 0 spiro atoms. The number of hydrogen-bond acceptors (Lipinski definition) is 6. The fraction of sp³-hybridized carbons (Fsp3) is 0.300. The smallest absolute Gasteiger partial charge is 0.338 e. The lowest BCUT2D eigenvalue weighted by Crippen LogP contribution is -2.38. The fourth-order valence-electron chi connectivity index (χ4n) is 3.24. The highest BCUT2D eigenvalue weighted by molar-refractivity contribution is 7.89. The number of sulfonamides is 1. The Morgan fingerprint density at radius 2 is 1.79 bits per heavy atom. The Bertz CT molecular complexity index is 1020. The summed E-state index contributed by atoms with van der Waals surface area (Å²) in [4.78, 5) is 31.2. The van der Waals surface area contributed by atoms with E-state index in [9.17, 15) is 18.0 Å². The first-order valence-electron chi connectivity index (χ1n) is 8.96. The molecule has 2 aromatic rings. The highest BCUT2D eigenvalue weighted by Gasteiger charge is 2.31. The molecule has 9 heteroatoms. The van der Waals surface area contributed by atoms with Gasteiger partial charge in [-0.2, -0.15) is 0 Å². The Balaban J connectivity index is 1.65. The first-order valence-corrected chi connectivity index (χ1v) is 10.4. The standard InChI is InChI=1S/C20H22N2O6S/c1-14-12-16-6-4-5-7-18(16)22(14)19(23)13-28-20(24)15-8-10-17(11-9-15)29(25,26)21(2)27-3/h4-11,14H,12-13H2,1-3H3/t14-/m1/s1. The summed E-state index contributed by atoms with van der Waals surface area (Å²) in [7, 11) is -1.30. The van der Waals surface area contributed by atoms with Gasteiger partial charge in [-0.1, -0.05) is 22.7 Å². The van der Waals surface area contributed by atoms with Crippen LogP contribution in [-0.2, 0) is 30.8 Å². The molecule has 0 radical (unpaired) electrons. The molecule has 8 nitrogen and oxygen atoms in total. The SMILES string of the molecule is CON(C)S(=O)(=O)c1ccc(C(=O)OCC(=O)N2c3ccccc3C[C@H]2C)cc1. The van der Waals surface area contributed by atoms with E-state index < -0.39 is 22.6 Å². The number of anilines is 1. The number of esters is 1. The molecule has 29 heavy (non-hydrogen) atoms.